The minimum atomic E-state index is -1.05. The van der Waals surface area contributed by atoms with Crippen LogP contribution in [0.1, 0.15) is 42.2 Å². The number of anilines is 1. The fourth-order valence-electron chi connectivity index (χ4n) is 3.29. The molecule has 1 fully saturated rings. The molecule has 1 aliphatic carbocycles. The van der Waals surface area contributed by atoms with E-state index < -0.39 is 11.9 Å². The van der Waals surface area contributed by atoms with E-state index in [0.29, 0.717) is 28.3 Å². The summed E-state index contributed by atoms with van der Waals surface area (Å²) in [6.45, 7) is 0. The molecule has 1 atom stereocenters. The molecule has 1 aliphatic heterocycles. The van der Waals surface area contributed by atoms with Crippen molar-refractivity contribution in [3.05, 3.63) is 53.3 Å². The first-order valence-electron chi connectivity index (χ1n) is 7.99. The van der Waals surface area contributed by atoms with Gasteiger partial charge in [0.15, 0.2) is 0 Å². The Kier molecular flexibility index (Phi) is 3.37. The van der Waals surface area contributed by atoms with Gasteiger partial charge in [-0.1, -0.05) is 18.2 Å². The zero-order valence-corrected chi connectivity index (χ0v) is 12.9. The fraction of sp³-hybridized carbons (Fsp3) is 0.263. The lowest BCUT2D eigenvalue weighted by molar-refractivity contribution is -0.140. The third-order valence-electron chi connectivity index (χ3n) is 4.74. The number of carboxylic acid groups (broad SMARTS) is 1. The molecular weight excluding hydrogens is 309 g/mol. The molecule has 2 aliphatic rings. The standard InChI is InChI=1S/C19H16FNO3/c20-16-8-11(10-1-2-10)3-5-13(16)12-4-6-17-14(7-12)15(19(23)24)9-18(22)21-17/h3-8,10,15H,1-2,9H2,(H,21,22)(H,23,24). The maximum atomic E-state index is 14.5. The number of amides is 1. The summed E-state index contributed by atoms with van der Waals surface area (Å²) >= 11 is 0. The molecule has 2 aromatic rings. The van der Waals surface area contributed by atoms with Gasteiger partial charge in [0, 0.05) is 17.7 Å². The molecule has 5 heteroatoms. The second kappa shape index (κ2) is 5.44. The number of fused-ring (bicyclic) bond motifs is 1. The minimum absolute atomic E-state index is 0.102. The van der Waals surface area contributed by atoms with E-state index in [1.54, 1.807) is 30.3 Å². The summed E-state index contributed by atoms with van der Waals surface area (Å²) in [5.41, 5.74) is 3.09. The lowest BCUT2D eigenvalue weighted by Gasteiger charge is -2.23. The number of carbonyl (C=O) groups is 2. The van der Waals surface area contributed by atoms with E-state index in [1.807, 2.05) is 6.07 Å². The van der Waals surface area contributed by atoms with Gasteiger partial charge in [0.1, 0.15) is 5.82 Å². The van der Waals surface area contributed by atoms with Gasteiger partial charge in [-0.15, -0.1) is 0 Å². The van der Waals surface area contributed by atoms with Crippen molar-refractivity contribution in [1.82, 2.24) is 0 Å². The van der Waals surface area contributed by atoms with Crippen LogP contribution in [0.2, 0.25) is 0 Å². The zero-order valence-electron chi connectivity index (χ0n) is 12.9. The molecule has 0 radical (unpaired) electrons. The van der Waals surface area contributed by atoms with E-state index in [-0.39, 0.29) is 18.1 Å². The van der Waals surface area contributed by atoms with Gasteiger partial charge in [0.2, 0.25) is 5.91 Å². The van der Waals surface area contributed by atoms with Crippen LogP contribution in [0.4, 0.5) is 10.1 Å². The number of aliphatic carboxylic acids is 1. The van der Waals surface area contributed by atoms with Crippen molar-refractivity contribution in [2.45, 2.75) is 31.1 Å². The number of hydrogen-bond donors (Lipinski definition) is 2. The summed E-state index contributed by atoms with van der Waals surface area (Å²) < 4.78 is 14.5. The highest BCUT2D eigenvalue weighted by atomic mass is 19.1. The fourth-order valence-corrected chi connectivity index (χ4v) is 3.29. The maximum Gasteiger partial charge on any atom is 0.311 e. The number of benzene rings is 2. The van der Waals surface area contributed by atoms with Crippen LogP contribution in [0.3, 0.4) is 0 Å². The second-order valence-corrected chi connectivity index (χ2v) is 6.46. The van der Waals surface area contributed by atoms with Crippen molar-refractivity contribution in [2.75, 3.05) is 5.32 Å². The molecule has 1 amide bonds. The van der Waals surface area contributed by atoms with Gasteiger partial charge in [-0.3, -0.25) is 9.59 Å². The van der Waals surface area contributed by atoms with Crippen molar-refractivity contribution >= 4 is 17.6 Å². The Morgan fingerprint density at radius 1 is 1.17 bits per heavy atom. The van der Waals surface area contributed by atoms with Gasteiger partial charge in [-0.2, -0.15) is 0 Å². The molecule has 1 unspecified atom stereocenters. The largest absolute Gasteiger partial charge is 0.481 e. The summed E-state index contributed by atoms with van der Waals surface area (Å²) in [5, 5.41) is 12.0. The SMILES string of the molecule is O=C1CC(C(=O)O)c2cc(-c3ccc(C4CC4)cc3F)ccc2N1. The van der Waals surface area contributed by atoms with Gasteiger partial charge in [0.05, 0.1) is 5.92 Å². The normalized spacial score (nSPS) is 19.5. The maximum absolute atomic E-state index is 14.5. The predicted molar refractivity (Wildman–Crippen MR) is 87.4 cm³/mol. The van der Waals surface area contributed by atoms with Crippen molar-refractivity contribution in [1.29, 1.82) is 0 Å². The van der Waals surface area contributed by atoms with Crippen LogP contribution in [-0.2, 0) is 9.59 Å². The Morgan fingerprint density at radius 2 is 1.96 bits per heavy atom. The topological polar surface area (TPSA) is 66.4 Å². The van der Waals surface area contributed by atoms with Gasteiger partial charge in [-0.25, -0.2) is 4.39 Å². The Balaban J connectivity index is 1.76. The highest BCUT2D eigenvalue weighted by Gasteiger charge is 2.31. The van der Waals surface area contributed by atoms with E-state index in [4.69, 9.17) is 0 Å². The molecule has 0 bridgehead atoms. The van der Waals surface area contributed by atoms with Crippen LogP contribution < -0.4 is 5.32 Å². The first kappa shape index (κ1) is 14.9. The third kappa shape index (κ3) is 2.56. The minimum Gasteiger partial charge on any atom is -0.481 e. The summed E-state index contributed by atoms with van der Waals surface area (Å²) in [6.07, 6.45) is 2.12. The molecule has 0 saturated heterocycles. The lowest BCUT2D eigenvalue weighted by Crippen LogP contribution is -2.27. The quantitative estimate of drug-likeness (QED) is 0.900. The molecule has 4 nitrogen and oxygen atoms in total. The van der Waals surface area contributed by atoms with Crippen molar-refractivity contribution in [3.8, 4) is 11.1 Å². The summed E-state index contributed by atoms with van der Waals surface area (Å²) in [4.78, 5) is 23.1. The predicted octanol–water partition coefficient (Wildman–Crippen LogP) is 3.88. The van der Waals surface area contributed by atoms with Gasteiger partial charge in [-0.05, 0) is 53.6 Å². The number of carbonyl (C=O) groups excluding carboxylic acids is 1. The van der Waals surface area contributed by atoms with Gasteiger partial charge < -0.3 is 10.4 Å². The first-order valence-corrected chi connectivity index (χ1v) is 7.99. The highest BCUT2D eigenvalue weighted by molar-refractivity contribution is 6.00. The summed E-state index contributed by atoms with van der Waals surface area (Å²) in [7, 11) is 0. The first-order chi connectivity index (χ1) is 11.5. The van der Waals surface area contributed by atoms with Crippen LogP contribution in [-0.4, -0.2) is 17.0 Å². The van der Waals surface area contributed by atoms with Crippen LogP contribution in [0, 0.1) is 5.82 Å². The number of carboxylic acids is 1. The van der Waals surface area contributed by atoms with E-state index in [2.05, 4.69) is 5.32 Å². The Morgan fingerprint density at radius 3 is 2.62 bits per heavy atom. The average molecular weight is 325 g/mol. The van der Waals surface area contributed by atoms with Crippen LogP contribution in [0.25, 0.3) is 11.1 Å². The third-order valence-corrected chi connectivity index (χ3v) is 4.74. The molecule has 4 rings (SSSR count). The van der Waals surface area contributed by atoms with Crippen LogP contribution in [0.15, 0.2) is 36.4 Å². The van der Waals surface area contributed by atoms with Crippen molar-refractivity contribution < 1.29 is 19.1 Å². The van der Waals surface area contributed by atoms with Crippen molar-refractivity contribution in [2.24, 2.45) is 0 Å². The molecule has 122 valence electrons. The average Bonchev–Trinajstić information content (AvgIpc) is 3.38. The van der Waals surface area contributed by atoms with Crippen LogP contribution >= 0.6 is 0 Å². The van der Waals surface area contributed by atoms with E-state index in [0.717, 1.165) is 18.4 Å². The lowest BCUT2D eigenvalue weighted by atomic mass is 9.88. The molecule has 1 heterocycles. The summed E-state index contributed by atoms with van der Waals surface area (Å²) in [6, 6.07) is 10.3. The molecule has 24 heavy (non-hydrogen) atoms. The summed E-state index contributed by atoms with van der Waals surface area (Å²) in [5.74, 6) is -2.09. The number of rotatable bonds is 3. The number of nitrogens with one attached hydrogen (secondary N) is 1. The van der Waals surface area contributed by atoms with E-state index >= 15 is 0 Å². The molecule has 0 aromatic heterocycles. The smallest absolute Gasteiger partial charge is 0.311 e. The monoisotopic (exact) mass is 325 g/mol. The Hall–Kier alpha value is -2.69. The number of halogens is 1. The molecule has 2 N–H and O–H groups in total. The number of hydrogen-bond acceptors (Lipinski definition) is 2. The molecule has 1 saturated carbocycles. The molecule has 2 aromatic carbocycles. The molecular formula is C19H16FNO3. The Bertz CT molecular complexity index is 858. The molecule has 0 spiro atoms. The highest BCUT2D eigenvalue weighted by Crippen LogP contribution is 2.42. The second-order valence-electron chi connectivity index (χ2n) is 6.46. The van der Waals surface area contributed by atoms with Crippen molar-refractivity contribution in [3.63, 3.8) is 0 Å². The van der Waals surface area contributed by atoms with Gasteiger partial charge in [0.25, 0.3) is 0 Å². The zero-order chi connectivity index (χ0) is 16.8. The van der Waals surface area contributed by atoms with Crippen LogP contribution in [0.5, 0.6) is 0 Å². The van der Waals surface area contributed by atoms with E-state index in [1.165, 1.54) is 0 Å². The van der Waals surface area contributed by atoms with Gasteiger partial charge >= 0.3 is 5.97 Å². The van der Waals surface area contributed by atoms with E-state index in [9.17, 15) is 19.1 Å². The Labute approximate surface area is 138 Å².